The minimum atomic E-state index is 0.0576. The first-order valence-corrected chi connectivity index (χ1v) is 11.2. The van der Waals surface area contributed by atoms with Crippen LogP contribution in [0.25, 0.3) is 0 Å². The Morgan fingerprint density at radius 1 is 1.19 bits per heavy atom. The molecule has 0 saturated carbocycles. The van der Waals surface area contributed by atoms with Crippen LogP contribution < -0.4 is 10.1 Å². The molecular formula is C24H28N6O2. The van der Waals surface area contributed by atoms with E-state index in [2.05, 4.69) is 25.5 Å². The van der Waals surface area contributed by atoms with E-state index in [4.69, 9.17) is 4.74 Å². The second-order valence-electron chi connectivity index (χ2n) is 8.65. The summed E-state index contributed by atoms with van der Waals surface area (Å²) in [7, 11) is 0. The van der Waals surface area contributed by atoms with E-state index in [1.165, 1.54) is 0 Å². The standard InChI is InChI=1S/C24H28N6O2/c31-24(26-13-18-5-4-9-25-12-18)23-16-29-10-8-19(23)11-21(29)15-30-14-20(27-28-30)17-32-22-6-2-1-3-7-22/h1-7,9,12,14,19,21,23H,8,10-11,13,15-17H2,(H,26,31). The number of piperidine rings is 3. The third-order valence-corrected chi connectivity index (χ3v) is 6.52. The minimum Gasteiger partial charge on any atom is -0.487 e. The van der Waals surface area contributed by atoms with E-state index in [0.717, 1.165) is 49.5 Å². The summed E-state index contributed by atoms with van der Waals surface area (Å²) in [6.07, 6.45) is 7.59. The lowest BCUT2D eigenvalue weighted by Crippen LogP contribution is -2.58. The van der Waals surface area contributed by atoms with Crippen molar-refractivity contribution in [1.82, 2.24) is 30.2 Å². The smallest absolute Gasteiger partial charge is 0.224 e. The Kier molecular flexibility index (Phi) is 6.11. The number of hydrogen-bond acceptors (Lipinski definition) is 6. The van der Waals surface area contributed by atoms with Crippen LogP contribution in [0, 0.1) is 11.8 Å². The van der Waals surface area contributed by atoms with Crippen molar-refractivity contribution in [2.75, 3.05) is 13.1 Å². The predicted molar refractivity (Wildman–Crippen MR) is 118 cm³/mol. The normalized spacial score (nSPS) is 24.2. The fourth-order valence-electron chi connectivity index (χ4n) is 4.83. The summed E-state index contributed by atoms with van der Waals surface area (Å²) in [6, 6.07) is 14.0. The van der Waals surface area contributed by atoms with Crippen molar-refractivity contribution in [1.29, 1.82) is 0 Å². The molecule has 4 unspecified atom stereocenters. The molecule has 1 N–H and O–H groups in total. The highest BCUT2D eigenvalue weighted by molar-refractivity contribution is 5.79. The third kappa shape index (κ3) is 4.80. The van der Waals surface area contributed by atoms with Crippen LogP contribution in [0.1, 0.15) is 24.1 Å². The van der Waals surface area contributed by atoms with Crippen molar-refractivity contribution < 1.29 is 9.53 Å². The minimum absolute atomic E-state index is 0.0576. The fourth-order valence-corrected chi connectivity index (χ4v) is 4.83. The molecule has 0 aliphatic carbocycles. The number of aromatic nitrogens is 4. The lowest BCUT2D eigenvalue weighted by Gasteiger charge is -2.49. The van der Waals surface area contributed by atoms with Crippen molar-refractivity contribution in [2.24, 2.45) is 11.8 Å². The lowest BCUT2D eigenvalue weighted by molar-refractivity contribution is -0.133. The van der Waals surface area contributed by atoms with Crippen LogP contribution >= 0.6 is 0 Å². The van der Waals surface area contributed by atoms with Gasteiger partial charge in [-0.15, -0.1) is 5.10 Å². The Morgan fingerprint density at radius 2 is 2.09 bits per heavy atom. The molecule has 0 radical (unpaired) electrons. The molecule has 3 aliphatic heterocycles. The molecule has 5 heterocycles. The number of amides is 1. The quantitative estimate of drug-likeness (QED) is 0.588. The number of pyridine rings is 1. The number of fused-ring (bicyclic) bond motifs is 3. The zero-order valence-electron chi connectivity index (χ0n) is 18.0. The van der Waals surface area contributed by atoms with Crippen LogP contribution in [-0.2, 0) is 24.5 Å². The molecule has 3 aromatic rings. The molecule has 0 spiro atoms. The molecule has 1 amide bonds. The van der Waals surface area contributed by atoms with E-state index in [1.807, 2.05) is 53.3 Å². The maximum absolute atomic E-state index is 12.8. The van der Waals surface area contributed by atoms with E-state index < -0.39 is 0 Å². The van der Waals surface area contributed by atoms with Crippen molar-refractivity contribution in [2.45, 2.75) is 38.6 Å². The third-order valence-electron chi connectivity index (χ3n) is 6.52. The molecular weight excluding hydrogens is 404 g/mol. The number of nitrogens with zero attached hydrogens (tertiary/aromatic N) is 5. The topological polar surface area (TPSA) is 85.2 Å². The molecule has 3 saturated heterocycles. The van der Waals surface area contributed by atoms with Gasteiger partial charge in [0.1, 0.15) is 18.1 Å². The van der Waals surface area contributed by atoms with Gasteiger partial charge >= 0.3 is 0 Å². The first kappa shape index (κ1) is 20.6. The molecule has 2 bridgehead atoms. The number of carbonyl (C=O) groups is 1. The zero-order chi connectivity index (χ0) is 21.8. The summed E-state index contributed by atoms with van der Waals surface area (Å²) < 4.78 is 7.67. The van der Waals surface area contributed by atoms with Gasteiger partial charge in [-0.1, -0.05) is 29.5 Å². The van der Waals surface area contributed by atoms with Gasteiger partial charge in [0, 0.05) is 31.5 Å². The van der Waals surface area contributed by atoms with E-state index in [1.54, 1.807) is 12.4 Å². The lowest BCUT2D eigenvalue weighted by atomic mass is 9.75. The van der Waals surface area contributed by atoms with E-state index in [9.17, 15) is 4.79 Å². The van der Waals surface area contributed by atoms with Gasteiger partial charge in [0.2, 0.25) is 5.91 Å². The predicted octanol–water partition coefficient (Wildman–Crippen LogP) is 2.28. The Bertz CT molecular complexity index is 1030. The van der Waals surface area contributed by atoms with Crippen LogP contribution in [0.2, 0.25) is 0 Å². The summed E-state index contributed by atoms with van der Waals surface area (Å²) in [5.41, 5.74) is 1.84. The average molecular weight is 433 g/mol. The number of benzene rings is 1. The van der Waals surface area contributed by atoms with Crippen LogP contribution in [0.5, 0.6) is 5.75 Å². The van der Waals surface area contributed by atoms with Gasteiger partial charge in [0.25, 0.3) is 0 Å². The Labute approximate surface area is 187 Å². The summed E-state index contributed by atoms with van der Waals surface area (Å²) in [4.78, 5) is 19.4. The van der Waals surface area contributed by atoms with Gasteiger partial charge < -0.3 is 10.1 Å². The number of ether oxygens (including phenoxy) is 1. The van der Waals surface area contributed by atoms with Gasteiger partial charge in [-0.25, -0.2) is 0 Å². The van der Waals surface area contributed by atoms with Gasteiger partial charge in [-0.2, -0.15) is 0 Å². The van der Waals surface area contributed by atoms with Crippen LogP contribution in [-0.4, -0.2) is 49.9 Å². The van der Waals surface area contributed by atoms with Gasteiger partial charge in [-0.3, -0.25) is 19.4 Å². The summed E-state index contributed by atoms with van der Waals surface area (Å²) in [5, 5.41) is 11.7. The molecule has 1 aromatic carbocycles. The van der Waals surface area contributed by atoms with E-state index in [0.29, 0.717) is 25.1 Å². The maximum atomic E-state index is 12.8. The number of rotatable bonds is 8. The van der Waals surface area contributed by atoms with Crippen LogP contribution in [0.4, 0.5) is 0 Å². The van der Waals surface area contributed by atoms with Gasteiger partial charge in [-0.05, 0) is 49.1 Å². The molecule has 8 heteroatoms. The van der Waals surface area contributed by atoms with Gasteiger partial charge in [0.15, 0.2) is 0 Å². The summed E-state index contributed by atoms with van der Waals surface area (Å²) in [6.45, 7) is 3.58. The molecule has 4 atom stereocenters. The first-order valence-electron chi connectivity index (χ1n) is 11.2. The van der Waals surface area contributed by atoms with E-state index >= 15 is 0 Å². The number of nitrogens with one attached hydrogen (secondary N) is 1. The molecule has 8 nitrogen and oxygen atoms in total. The number of hydrogen-bond donors (Lipinski definition) is 1. The highest BCUT2D eigenvalue weighted by atomic mass is 16.5. The SMILES string of the molecule is O=C(NCc1cccnc1)C1CN2CCC1CC2Cn1cc(COc2ccccc2)nn1. The van der Waals surface area contributed by atoms with Crippen LogP contribution in [0.15, 0.2) is 61.1 Å². The fraction of sp³-hybridized carbons (Fsp3) is 0.417. The van der Waals surface area contributed by atoms with Crippen molar-refractivity contribution in [3.63, 3.8) is 0 Å². The largest absolute Gasteiger partial charge is 0.487 e. The van der Waals surface area contributed by atoms with Gasteiger partial charge in [0.05, 0.1) is 18.7 Å². The second kappa shape index (κ2) is 9.48. The molecule has 32 heavy (non-hydrogen) atoms. The molecule has 3 aliphatic rings. The molecule has 6 rings (SSSR count). The average Bonchev–Trinajstić information content (AvgIpc) is 3.30. The maximum Gasteiger partial charge on any atom is 0.224 e. The monoisotopic (exact) mass is 432 g/mol. The Morgan fingerprint density at radius 3 is 2.88 bits per heavy atom. The molecule has 2 aromatic heterocycles. The van der Waals surface area contributed by atoms with E-state index in [-0.39, 0.29) is 11.8 Å². The second-order valence-corrected chi connectivity index (χ2v) is 8.65. The highest BCUT2D eigenvalue weighted by Crippen LogP contribution is 2.37. The summed E-state index contributed by atoms with van der Waals surface area (Å²) >= 11 is 0. The number of carbonyl (C=O) groups excluding carboxylic acids is 1. The zero-order valence-corrected chi connectivity index (χ0v) is 18.0. The van der Waals surface area contributed by atoms with Crippen LogP contribution in [0.3, 0.4) is 0 Å². The highest BCUT2D eigenvalue weighted by Gasteiger charge is 2.43. The molecule has 3 fully saturated rings. The van der Waals surface area contributed by atoms with Crippen molar-refractivity contribution in [3.8, 4) is 5.75 Å². The molecule has 166 valence electrons. The Hall–Kier alpha value is -3.26. The van der Waals surface area contributed by atoms with Crippen molar-refractivity contribution >= 4 is 5.91 Å². The number of para-hydroxylation sites is 1. The first-order chi connectivity index (χ1) is 15.7. The summed E-state index contributed by atoms with van der Waals surface area (Å²) in [5.74, 6) is 1.46. The Balaban J connectivity index is 1.12. The van der Waals surface area contributed by atoms with Crippen molar-refractivity contribution in [3.05, 3.63) is 72.3 Å².